The Hall–Kier alpha value is -2.47. The Morgan fingerprint density at radius 1 is 1.24 bits per heavy atom. The molecule has 0 saturated carbocycles. The minimum Gasteiger partial charge on any atom is -0.484 e. The highest BCUT2D eigenvalue weighted by atomic mass is 16.5. The number of carbonyl (C=O) groups excluding carboxylic acids is 1. The van der Waals surface area contributed by atoms with Crippen molar-refractivity contribution in [2.75, 3.05) is 6.61 Å². The van der Waals surface area contributed by atoms with E-state index in [-0.39, 0.29) is 6.61 Å². The van der Waals surface area contributed by atoms with Crippen LogP contribution in [0.4, 0.5) is 0 Å². The van der Waals surface area contributed by atoms with E-state index in [0.717, 1.165) is 23.6 Å². The Labute approximate surface area is 123 Å². The molecule has 2 rings (SSSR count). The zero-order valence-electron chi connectivity index (χ0n) is 11.9. The smallest absolute Gasteiger partial charge is 0.255 e. The lowest BCUT2D eigenvalue weighted by molar-refractivity contribution is -0.119. The monoisotopic (exact) mass is 286 g/mol. The molecular weight excluding hydrogens is 268 g/mol. The number of rotatable bonds is 7. The van der Waals surface area contributed by atoms with Crippen LogP contribution in [-0.4, -0.2) is 22.5 Å². The van der Waals surface area contributed by atoms with Crippen molar-refractivity contribution in [3.05, 3.63) is 53.6 Å². The van der Waals surface area contributed by atoms with E-state index in [1.165, 1.54) is 0 Å². The predicted octanol–water partition coefficient (Wildman–Crippen LogP) is 0.939. The van der Waals surface area contributed by atoms with Gasteiger partial charge in [0.1, 0.15) is 11.6 Å². The number of aromatic nitrogens is 2. The van der Waals surface area contributed by atoms with E-state index in [1.54, 1.807) is 6.20 Å². The van der Waals surface area contributed by atoms with Crippen molar-refractivity contribution in [1.29, 1.82) is 0 Å². The van der Waals surface area contributed by atoms with Crippen LogP contribution < -0.4 is 15.8 Å². The predicted molar refractivity (Wildman–Crippen MR) is 78.4 cm³/mol. The summed E-state index contributed by atoms with van der Waals surface area (Å²) < 4.78 is 5.20. The maximum atomic E-state index is 10.6. The summed E-state index contributed by atoms with van der Waals surface area (Å²) in [5.74, 6) is 0.912. The van der Waals surface area contributed by atoms with Crippen LogP contribution >= 0.6 is 0 Å². The number of hydrogen-bond donors (Lipinski definition) is 2. The van der Waals surface area contributed by atoms with Gasteiger partial charge in [-0.3, -0.25) is 4.79 Å². The molecule has 110 valence electrons. The highest BCUT2D eigenvalue weighted by Crippen LogP contribution is 2.12. The molecule has 0 aliphatic heterocycles. The van der Waals surface area contributed by atoms with Gasteiger partial charge in [-0.15, -0.1) is 0 Å². The summed E-state index contributed by atoms with van der Waals surface area (Å²) in [6.45, 7) is 3.17. The topological polar surface area (TPSA) is 90.1 Å². The number of hydrogen-bond acceptors (Lipinski definition) is 5. The first kappa shape index (κ1) is 14.9. The molecule has 1 amide bonds. The summed E-state index contributed by atoms with van der Waals surface area (Å²) in [4.78, 5) is 19.0. The van der Waals surface area contributed by atoms with Crippen LogP contribution in [0.5, 0.6) is 5.75 Å². The third kappa shape index (κ3) is 5.19. The molecule has 21 heavy (non-hydrogen) atoms. The van der Waals surface area contributed by atoms with E-state index in [1.807, 2.05) is 37.3 Å². The van der Waals surface area contributed by atoms with Crippen LogP contribution in [0.1, 0.15) is 17.1 Å². The second kappa shape index (κ2) is 7.35. The minimum absolute atomic E-state index is 0.106. The SMILES string of the molecule is Cc1nccc(CNCc2ccc(OCC(N)=O)cc2)n1. The maximum absolute atomic E-state index is 10.6. The quantitative estimate of drug-likeness (QED) is 0.790. The summed E-state index contributed by atoms with van der Waals surface area (Å²) in [6.07, 6.45) is 1.75. The average Bonchev–Trinajstić information content (AvgIpc) is 2.46. The lowest BCUT2D eigenvalue weighted by Crippen LogP contribution is -2.20. The fraction of sp³-hybridized carbons (Fsp3) is 0.267. The fourth-order valence-electron chi connectivity index (χ4n) is 1.80. The maximum Gasteiger partial charge on any atom is 0.255 e. The first-order chi connectivity index (χ1) is 10.1. The van der Waals surface area contributed by atoms with Gasteiger partial charge in [-0.1, -0.05) is 12.1 Å². The van der Waals surface area contributed by atoms with Crippen molar-refractivity contribution in [1.82, 2.24) is 15.3 Å². The summed E-state index contributed by atoms with van der Waals surface area (Å²) in [7, 11) is 0. The molecule has 0 atom stereocenters. The summed E-state index contributed by atoms with van der Waals surface area (Å²) in [5, 5.41) is 3.31. The lowest BCUT2D eigenvalue weighted by atomic mass is 10.2. The van der Waals surface area contributed by atoms with Gasteiger partial charge in [-0.25, -0.2) is 9.97 Å². The van der Waals surface area contributed by atoms with Gasteiger partial charge >= 0.3 is 0 Å². The molecule has 1 heterocycles. The van der Waals surface area contributed by atoms with Gasteiger partial charge in [0, 0.05) is 19.3 Å². The first-order valence-electron chi connectivity index (χ1n) is 6.63. The van der Waals surface area contributed by atoms with E-state index in [4.69, 9.17) is 10.5 Å². The van der Waals surface area contributed by atoms with Gasteiger partial charge in [-0.05, 0) is 30.7 Å². The number of aryl methyl sites for hydroxylation is 1. The summed E-state index contributed by atoms with van der Waals surface area (Å²) in [5.41, 5.74) is 7.10. The summed E-state index contributed by atoms with van der Waals surface area (Å²) >= 11 is 0. The van der Waals surface area contributed by atoms with E-state index in [2.05, 4.69) is 15.3 Å². The standard InChI is InChI=1S/C15H18N4O2/c1-11-18-7-6-13(19-11)9-17-8-12-2-4-14(5-3-12)21-10-15(16)20/h2-7,17H,8-10H2,1H3,(H2,16,20). The first-order valence-corrected chi connectivity index (χ1v) is 6.63. The number of amides is 1. The van der Waals surface area contributed by atoms with Crippen molar-refractivity contribution < 1.29 is 9.53 Å². The highest BCUT2D eigenvalue weighted by molar-refractivity contribution is 5.75. The molecule has 0 radical (unpaired) electrons. The van der Waals surface area contributed by atoms with Crippen LogP contribution in [-0.2, 0) is 17.9 Å². The molecule has 6 nitrogen and oxygen atoms in total. The molecule has 3 N–H and O–H groups in total. The highest BCUT2D eigenvalue weighted by Gasteiger charge is 1.99. The normalized spacial score (nSPS) is 10.3. The molecule has 0 aliphatic rings. The molecule has 0 aliphatic carbocycles. The number of nitrogens with two attached hydrogens (primary N) is 1. The molecule has 1 aromatic carbocycles. The second-order valence-corrected chi connectivity index (χ2v) is 4.60. The van der Waals surface area contributed by atoms with E-state index in [0.29, 0.717) is 12.3 Å². The Morgan fingerprint density at radius 2 is 2.00 bits per heavy atom. The second-order valence-electron chi connectivity index (χ2n) is 4.60. The number of benzene rings is 1. The number of primary amides is 1. The molecule has 0 unspecified atom stereocenters. The van der Waals surface area contributed by atoms with E-state index >= 15 is 0 Å². The molecule has 0 bridgehead atoms. The van der Waals surface area contributed by atoms with Crippen molar-refractivity contribution >= 4 is 5.91 Å². The Bertz CT molecular complexity index is 599. The zero-order chi connectivity index (χ0) is 15.1. The Kier molecular flexibility index (Phi) is 5.22. The third-order valence-corrected chi connectivity index (χ3v) is 2.77. The molecule has 0 saturated heterocycles. The number of nitrogens with one attached hydrogen (secondary N) is 1. The van der Waals surface area contributed by atoms with Gasteiger partial charge in [0.15, 0.2) is 6.61 Å². The van der Waals surface area contributed by atoms with Crippen LogP contribution in [0.2, 0.25) is 0 Å². The van der Waals surface area contributed by atoms with Crippen molar-refractivity contribution in [3.63, 3.8) is 0 Å². The molecule has 2 aromatic rings. The number of ether oxygens (including phenoxy) is 1. The number of nitrogens with zero attached hydrogens (tertiary/aromatic N) is 2. The largest absolute Gasteiger partial charge is 0.484 e. The van der Waals surface area contributed by atoms with Crippen LogP contribution in [0.3, 0.4) is 0 Å². The third-order valence-electron chi connectivity index (χ3n) is 2.77. The van der Waals surface area contributed by atoms with Crippen molar-refractivity contribution in [3.8, 4) is 5.75 Å². The summed E-state index contributed by atoms with van der Waals surface area (Å²) in [6, 6.07) is 9.40. The fourth-order valence-corrected chi connectivity index (χ4v) is 1.80. The molecular formula is C15H18N4O2. The molecule has 0 fully saturated rings. The van der Waals surface area contributed by atoms with Crippen LogP contribution in [0.25, 0.3) is 0 Å². The van der Waals surface area contributed by atoms with Crippen LogP contribution in [0.15, 0.2) is 36.5 Å². The van der Waals surface area contributed by atoms with Gasteiger partial charge in [0.25, 0.3) is 5.91 Å². The van der Waals surface area contributed by atoms with Crippen molar-refractivity contribution in [2.24, 2.45) is 5.73 Å². The van der Waals surface area contributed by atoms with Gasteiger partial charge in [0.2, 0.25) is 0 Å². The van der Waals surface area contributed by atoms with E-state index < -0.39 is 5.91 Å². The zero-order valence-corrected chi connectivity index (χ0v) is 11.9. The molecule has 0 spiro atoms. The van der Waals surface area contributed by atoms with Crippen LogP contribution in [0, 0.1) is 6.92 Å². The van der Waals surface area contributed by atoms with Gasteiger partial charge in [-0.2, -0.15) is 0 Å². The minimum atomic E-state index is -0.485. The van der Waals surface area contributed by atoms with Crippen molar-refractivity contribution in [2.45, 2.75) is 20.0 Å². The molecule has 6 heteroatoms. The average molecular weight is 286 g/mol. The van der Waals surface area contributed by atoms with Gasteiger partial charge < -0.3 is 15.8 Å². The molecule has 1 aromatic heterocycles. The Balaban J connectivity index is 1.79. The number of carbonyl (C=O) groups is 1. The Morgan fingerprint density at radius 3 is 2.67 bits per heavy atom. The lowest BCUT2D eigenvalue weighted by Gasteiger charge is -2.07. The van der Waals surface area contributed by atoms with E-state index in [9.17, 15) is 4.79 Å². The van der Waals surface area contributed by atoms with Gasteiger partial charge in [0.05, 0.1) is 5.69 Å².